The van der Waals surface area contributed by atoms with Gasteiger partial charge in [0, 0.05) is 11.8 Å². The fraction of sp³-hybridized carbons (Fsp3) is 0.375. The van der Waals surface area contributed by atoms with Gasteiger partial charge in [0.25, 0.3) is 11.3 Å². The molecule has 0 unspecified atom stereocenters. The molecule has 6 nitrogen and oxygen atoms in total. The van der Waals surface area contributed by atoms with E-state index in [4.69, 9.17) is 5.73 Å². The summed E-state index contributed by atoms with van der Waals surface area (Å²) in [5, 5.41) is 2.82. The molecule has 0 saturated carbocycles. The van der Waals surface area contributed by atoms with Crippen LogP contribution in [0.25, 0.3) is 5.78 Å². The fourth-order valence-corrected chi connectivity index (χ4v) is 1.33. The molecule has 0 radical (unpaired) electrons. The van der Waals surface area contributed by atoms with E-state index in [-0.39, 0.29) is 5.56 Å². The highest BCUT2D eigenvalue weighted by molar-refractivity contribution is 5.27. The zero-order chi connectivity index (χ0) is 10.1. The molecule has 0 spiro atoms. The maximum absolute atomic E-state index is 11.7. The van der Waals surface area contributed by atoms with Crippen LogP contribution < -0.4 is 11.3 Å². The van der Waals surface area contributed by atoms with Crippen LogP contribution in [0.4, 0.5) is 0 Å². The highest BCUT2D eigenvalue weighted by Crippen LogP contribution is 1.95. The van der Waals surface area contributed by atoms with Crippen molar-refractivity contribution < 1.29 is 0 Å². The summed E-state index contributed by atoms with van der Waals surface area (Å²) in [6.45, 7) is 2.22. The normalized spacial score (nSPS) is 11.0. The first-order valence-electron chi connectivity index (χ1n) is 4.35. The van der Waals surface area contributed by atoms with Gasteiger partial charge in [-0.05, 0) is 19.9 Å². The second-order valence-electron chi connectivity index (χ2n) is 3.07. The standard InChI is InChI=1S/C8H11N5O/c1-5-11-8-10-4-6(2-3-9)7(14)13(8)12-5/h4H,2-3,9H2,1H3,(H,10,11,12). The summed E-state index contributed by atoms with van der Waals surface area (Å²) < 4.78 is 1.33. The molecule has 0 fully saturated rings. The molecule has 0 saturated heterocycles. The van der Waals surface area contributed by atoms with Crippen molar-refractivity contribution in [1.82, 2.24) is 19.6 Å². The Labute approximate surface area is 79.8 Å². The van der Waals surface area contributed by atoms with Crippen molar-refractivity contribution in [2.45, 2.75) is 13.3 Å². The van der Waals surface area contributed by atoms with Gasteiger partial charge in [0.1, 0.15) is 5.82 Å². The number of nitrogens with one attached hydrogen (secondary N) is 1. The second kappa shape index (κ2) is 3.22. The van der Waals surface area contributed by atoms with Crippen molar-refractivity contribution in [3.8, 4) is 0 Å². The van der Waals surface area contributed by atoms with Crippen LogP contribution in [-0.4, -0.2) is 26.1 Å². The molecule has 0 atom stereocenters. The molecule has 2 aromatic heterocycles. The molecule has 2 aromatic rings. The van der Waals surface area contributed by atoms with Gasteiger partial charge in [0.05, 0.1) is 0 Å². The summed E-state index contributed by atoms with van der Waals surface area (Å²) in [6.07, 6.45) is 2.07. The second-order valence-corrected chi connectivity index (χ2v) is 3.07. The smallest absolute Gasteiger partial charge is 0.277 e. The molecule has 6 heteroatoms. The molecule has 3 N–H and O–H groups in total. The molecule has 0 aliphatic rings. The number of fused-ring (bicyclic) bond motifs is 1. The lowest BCUT2D eigenvalue weighted by Crippen LogP contribution is -2.21. The van der Waals surface area contributed by atoms with E-state index in [0.29, 0.717) is 30.1 Å². The number of hydrogen-bond acceptors (Lipinski definition) is 4. The number of aromatic nitrogens is 4. The van der Waals surface area contributed by atoms with Crippen LogP contribution in [0.15, 0.2) is 11.0 Å². The molecule has 0 bridgehead atoms. The van der Waals surface area contributed by atoms with Gasteiger partial charge in [-0.15, -0.1) is 0 Å². The van der Waals surface area contributed by atoms with E-state index in [1.54, 1.807) is 6.92 Å². The van der Waals surface area contributed by atoms with E-state index < -0.39 is 0 Å². The van der Waals surface area contributed by atoms with Gasteiger partial charge >= 0.3 is 0 Å². The Kier molecular flexibility index (Phi) is 2.05. The summed E-state index contributed by atoms with van der Waals surface area (Å²) in [6, 6.07) is 0. The van der Waals surface area contributed by atoms with Crippen LogP contribution in [0, 0.1) is 6.92 Å². The van der Waals surface area contributed by atoms with Gasteiger partial charge in [-0.1, -0.05) is 0 Å². The SMILES string of the molecule is Cc1nc2ncc(CCN)c(=O)n2[nH]1. The van der Waals surface area contributed by atoms with Crippen molar-refractivity contribution in [3.05, 3.63) is 27.9 Å². The minimum atomic E-state index is -0.124. The number of aromatic amines is 1. The minimum absolute atomic E-state index is 0.124. The van der Waals surface area contributed by atoms with Gasteiger partial charge in [0.15, 0.2) is 0 Å². The molecule has 0 aromatic carbocycles. The Hall–Kier alpha value is -1.69. The largest absolute Gasteiger partial charge is 0.330 e. The van der Waals surface area contributed by atoms with Gasteiger partial charge < -0.3 is 5.73 Å². The van der Waals surface area contributed by atoms with Gasteiger partial charge in [-0.2, -0.15) is 9.50 Å². The predicted molar refractivity (Wildman–Crippen MR) is 51.1 cm³/mol. The van der Waals surface area contributed by atoms with E-state index in [9.17, 15) is 4.79 Å². The lowest BCUT2D eigenvalue weighted by atomic mass is 10.2. The molecule has 14 heavy (non-hydrogen) atoms. The van der Waals surface area contributed by atoms with Crippen molar-refractivity contribution >= 4 is 5.78 Å². The predicted octanol–water partition coefficient (Wildman–Crippen LogP) is -0.773. The third kappa shape index (κ3) is 1.29. The van der Waals surface area contributed by atoms with Gasteiger partial charge in [-0.25, -0.2) is 4.98 Å². The first-order valence-corrected chi connectivity index (χ1v) is 4.35. The van der Waals surface area contributed by atoms with Crippen LogP contribution in [0.3, 0.4) is 0 Å². The Morgan fingerprint density at radius 2 is 2.43 bits per heavy atom. The first kappa shape index (κ1) is 8.89. The van der Waals surface area contributed by atoms with Crippen LogP contribution >= 0.6 is 0 Å². The molecule has 2 rings (SSSR count). The van der Waals surface area contributed by atoms with E-state index in [0.717, 1.165) is 0 Å². The van der Waals surface area contributed by atoms with E-state index in [1.807, 2.05) is 0 Å². The van der Waals surface area contributed by atoms with Crippen LogP contribution in [0.5, 0.6) is 0 Å². The van der Waals surface area contributed by atoms with Crippen molar-refractivity contribution in [2.24, 2.45) is 5.73 Å². The number of H-pyrrole nitrogens is 1. The summed E-state index contributed by atoms with van der Waals surface area (Å²) in [5.41, 5.74) is 5.86. The summed E-state index contributed by atoms with van der Waals surface area (Å²) in [4.78, 5) is 19.8. The average molecular weight is 193 g/mol. The quantitative estimate of drug-likeness (QED) is 0.655. The number of aryl methyl sites for hydroxylation is 1. The summed E-state index contributed by atoms with van der Waals surface area (Å²) in [5.74, 6) is 1.06. The maximum Gasteiger partial charge on any atom is 0.277 e. The zero-order valence-electron chi connectivity index (χ0n) is 7.82. The Morgan fingerprint density at radius 1 is 1.64 bits per heavy atom. The number of nitrogens with two attached hydrogens (primary N) is 1. The van der Waals surface area contributed by atoms with E-state index in [2.05, 4.69) is 15.1 Å². The molecule has 2 heterocycles. The third-order valence-corrected chi connectivity index (χ3v) is 1.97. The van der Waals surface area contributed by atoms with E-state index in [1.165, 1.54) is 10.7 Å². The highest BCUT2D eigenvalue weighted by atomic mass is 16.1. The van der Waals surface area contributed by atoms with Crippen molar-refractivity contribution in [2.75, 3.05) is 6.54 Å². The maximum atomic E-state index is 11.7. The summed E-state index contributed by atoms with van der Waals surface area (Å²) in [7, 11) is 0. The van der Waals surface area contributed by atoms with Crippen LogP contribution in [-0.2, 0) is 6.42 Å². The molecule has 74 valence electrons. The Morgan fingerprint density at radius 3 is 3.14 bits per heavy atom. The highest BCUT2D eigenvalue weighted by Gasteiger charge is 2.06. The lowest BCUT2D eigenvalue weighted by molar-refractivity contribution is 0.837. The zero-order valence-corrected chi connectivity index (χ0v) is 7.82. The first-order chi connectivity index (χ1) is 6.72. The molecular weight excluding hydrogens is 182 g/mol. The van der Waals surface area contributed by atoms with E-state index >= 15 is 0 Å². The number of hydrogen-bond donors (Lipinski definition) is 2. The monoisotopic (exact) mass is 193 g/mol. The van der Waals surface area contributed by atoms with Gasteiger partial charge in [-0.3, -0.25) is 9.89 Å². The lowest BCUT2D eigenvalue weighted by Gasteiger charge is -1.96. The molecule has 0 aliphatic heterocycles. The molecular formula is C8H11N5O. The van der Waals surface area contributed by atoms with Crippen molar-refractivity contribution in [3.63, 3.8) is 0 Å². The topological polar surface area (TPSA) is 89.1 Å². The minimum Gasteiger partial charge on any atom is -0.330 e. The fourth-order valence-electron chi connectivity index (χ4n) is 1.33. The van der Waals surface area contributed by atoms with Crippen LogP contribution in [0.1, 0.15) is 11.4 Å². The van der Waals surface area contributed by atoms with Crippen LogP contribution in [0.2, 0.25) is 0 Å². The average Bonchev–Trinajstić information content (AvgIpc) is 2.52. The number of nitrogens with zero attached hydrogens (tertiary/aromatic N) is 3. The van der Waals surface area contributed by atoms with Gasteiger partial charge in [0.2, 0.25) is 0 Å². The van der Waals surface area contributed by atoms with Crippen molar-refractivity contribution in [1.29, 1.82) is 0 Å². The molecule has 0 amide bonds. The Bertz CT molecular complexity index is 512. The Balaban J connectivity index is 2.68. The molecule has 0 aliphatic carbocycles. The third-order valence-electron chi connectivity index (χ3n) is 1.97. The number of rotatable bonds is 2. The summed E-state index contributed by atoms with van der Waals surface area (Å²) >= 11 is 0.